The van der Waals surface area contributed by atoms with Gasteiger partial charge >= 0.3 is 5.97 Å². The van der Waals surface area contributed by atoms with Crippen LogP contribution in [0, 0.1) is 0 Å². The molecule has 1 N–H and O–H groups in total. The Labute approximate surface area is 170 Å². The summed E-state index contributed by atoms with van der Waals surface area (Å²) in [6.07, 6.45) is 4.21. The van der Waals surface area contributed by atoms with Gasteiger partial charge in [0.2, 0.25) is 0 Å². The van der Waals surface area contributed by atoms with Gasteiger partial charge in [-0.15, -0.1) is 0 Å². The van der Waals surface area contributed by atoms with E-state index in [0.717, 1.165) is 41.5 Å². The van der Waals surface area contributed by atoms with Crippen LogP contribution in [0.3, 0.4) is 0 Å². The normalized spacial score (nSPS) is 11.9. The third-order valence-corrected chi connectivity index (χ3v) is 5.00. The molecule has 0 amide bonds. The summed E-state index contributed by atoms with van der Waals surface area (Å²) in [6, 6.07) is 19.7. The maximum absolute atomic E-state index is 12.9. The highest BCUT2D eigenvalue weighted by atomic mass is 16.4. The Kier molecular flexibility index (Phi) is 6.95. The number of aromatic nitrogens is 2. The lowest BCUT2D eigenvalue weighted by Crippen LogP contribution is -2.32. The molecule has 3 rings (SSSR count). The number of hydrogen-bond acceptors (Lipinski definition) is 3. The van der Waals surface area contributed by atoms with Crippen LogP contribution in [-0.4, -0.2) is 20.9 Å². The first-order chi connectivity index (χ1) is 14.1. The highest BCUT2D eigenvalue weighted by molar-refractivity contribution is 5.80. The van der Waals surface area contributed by atoms with Crippen LogP contribution < -0.4 is 5.56 Å². The number of unbranched alkanes of at least 4 members (excludes halogenated alkanes) is 3. The average molecular weight is 390 g/mol. The maximum atomic E-state index is 12.9. The van der Waals surface area contributed by atoms with Gasteiger partial charge in [0.05, 0.1) is 5.69 Å². The van der Waals surface area contributed by atoms with Crippen LogP contribution in [-0.2, 0) is 4.79 Å². The third-order valence-electron chi connectivity index (χ3n) is 5.00. The van der Waals surface area contributed by atoms with Gasteiger partial charge < -0.3 is 5.11 Å². The summed E-state index contributed by atoms with van der Waals surface area (Å²) in [4.78, 5) is 24.8. The summed E-state index contributed by atoms with van der Waals surface area (Å²) in [5.74, 6) is -1.03. The zero-order chi connectivity index (χ0) is 20.6. The second kappa shape index (κ2) is 9.82. The molecule has 5 nitrogen and oxygen atoms in total. The lowest BCUT2D eigenvalue weighted by molar-refractivity contribution is -0.141. The monoisotopic (exact) mass is 390 g/mol. The fourth-order valence-corrected chi connectivity index (χ4v) is 3.45. The van der Waals surface area contributed by atoms with Crippen LogP contribution in [0.25, 0.3) is 22.4 Å². The van der Waals surface area contributed by atoms with Crippen LogP contribution in [0.1, 0.15) is 45.1 Å². The molecule has 29 heavy (non-hydrogen) atoms. The van der Waals surface area contributed by atoms with Gasteiger partial charge in [-0.3, -0.25) is 4.79 Å². The Morgan fingerprint density at radius 1 is 0.966 bits per heavy atom. The molecule has 2 aromatic carbocycles. The van der Waals surface area contributed by atoms with Crippen LogP contribution in [0.4, 0.5) is 0 Å². The molecule has 1 atom stereocenters. The largest absolute Gasteiger partial charge is 0.480 e. The lowest BCUT2D eigenvalue weighted by atomic mass is 10.00. The average Bonchev–Trinajstić information content (AvgIpc) is 2.75. The lowest BCUT2D eigenvalue weighted by Gasteiger charge is -2.18. The number of nitrogens with zero attached hydrogens (tertiary/aromatic N) is 2. The molecular formula is C24H26N2O3. The second-order valence-electron chi connectivity index (χ2n) is 7.12. The van der Waals surface area contributed by atoms with Gasteiger partial charge in [-0.1, -0.05) is 93.3 Å². The SMILES string of the molecule is CCCCCCC(C(=O)O)n1nc(-c2ccccc2)c(-c2ccccc2)cc1=O. The number of aliphatic carboxylic acids is 1. The van der Waals surface area contributed by atoms with Crippen LogP contribution >= 0.6 is 0 Å². The minimum atomic E-state index is -1.03. The molecule has 0 aliphatic carbocycles. The summed E-state index contributed by atoms with van der Waals surface area (Å²) in [6.45, 7) is 2.11. The standard InChI is InChI=1S/C24H26N2O3/c1-2-3-4-11-16-21(24(28)29)26-22(27)17-20(18-12-7-5-8-13-18)23(25-26)19-14-9-6-10-15-19/h5-10,12-15,17,21H,2-4,11,16H2,1H3,(H,28,29). The second-order valence-corrected chi connectivity index (χ2v) is 7.12. The first-order valence-corrected chi connectivity index (χ1v) is 10.1. The Bertz CT molecular complexity index is 998. The van der Waals surface area contributed by atoms with E-state index in [-0.39, 0.29) is 0 Å². The quantitative estimate of drug-likeness (QED) is 0.511. The topological polar surface area (TPSA) is 72.2 Å². The van der Waals surface area contributed by atoms with Crippen molar-refractivity contribution in [2.24, 2.45) is 0 Å². The Morgan fingerprint density at radius 2 is 1.59 bits per heavy atom. The molecule has 5 heteroatoms. The van der Waals surface area contributed by atoms with Crippen molar-refractivity contribution in [2.75, 3.05) is 0 Å². The van der Waals surface area contributed by atoms with E-state index in [2.05, 4.69) is 12.0 Å². The zero-order valence-electron chi connectivity index (χ0n) is 16.6. The molecule has 0 spiro atoms. The van der Waals surface area contributed by atoms with E-state index in [0.29, 0.717) is 17.7 Å². The van der Waals surface area contributed by atoms with E-state index in [9.17, 15) is 14.7 Å². The van der Waals surface area contributed by atoms with E-state index in [4.69, 9.17) is 0 Å². The summed E-state index contributed by atoms with van der Waals surface area (Å²) < 4.78 is 1.14. The highest BCUT2D eigenvalue weighted by Gasteiger charge is 2.23. The molecule has 3 aromatic rings. The number of carboxylic acid groups (broad SMARTS) is 1. The van der Waals surface area contributed by atoms with Crippen molar-refractivity contribution in [3.8, 4) is 22.4 Å². The molecule has 0 saturated heterocycles. The van der Waals surface area contributed by atoms with Gasteiger partial charge in [-0.2, -0.15) is 5.10 Å². The fourth-order valence-electron chi connectivity index (χ4n) is 3.45. The summed E-state index contributed by atoms with van der Waals surface area (Å²) in [5, 5.41) is 14.3. The van der Waals surface area contributed by atoms with Crippen molar-refractivity contribution in [1.29, 1.82) is 0 Å². The minimum absolute atomic E-state index is 0.390. The molecule has 1 unspecified atom stereocenters. The number of rotatable bonds is 9. The van der Waals surface area contributed by atoms with Gasteiger partial charge in [-0.25, -0.2) is 9.48 Å². The predicted molar refractivity (Wildman–Crippen MR) is 115 cm³/mol. The molecule has 0 bridgehead atoms. The number of carbonyl (C=O) groups is 1. The number of benzene rings is 2. The molecule has 0 fully saturated rings. The van der Waals surface area contributed by atoms with Crippen LogP contribution in [0.5, 0.6) is 0 Å². The van der Waals surface area contributed by atoms with Crippen molar-refractivity contribution in [1.82, 2.24) is 9.78 Å². The minimum Gasteiger partial charge on any atom is -0.480 e. The van der Waals surface area contributed by atoms with Crippen LogP contribution in [0.2, 0.25) is 0 Å². The van der Waals surface area contributed by atoms with Crippen molar-refractivity contribution in [3.63, 3.8) is 0 Å². The van der Waals surface area contributed by atoms with Gasteiger partial charge in [0.25, 0.3) is 5.56 Å². The third kappa shape index (κ3) is 4.99. The first kappa shape index (κ1) is 20.5. The molecule has 150 valence electrons. The van der Waals surface area contributed by atoms with E-state index >= 15 is 0 Å². The Morgan fingerprint density at radius 3 is 2.17 bits per heavy atom. The van der Waals surface area contributed by atoms with Gasteiger partial charge in [0.15, 0.2) is 6.04 Å². The molecule has 0 radical (unpaired) electrons. The maximum Gasteiger partial charge on any atom is 0.328 e. The predicted octanol–water partition coefficient (Wildman–Crippen LogP) is 5.17. The van der Waals surface area contributed by atoms with Gasteiger partial charge in [-0.05, 0) is 12.0 Å². The molecule has 1 aromatic heterocycles. The summed E-state index contributed by atoms with van der Waals surface area (Å²) in [7, 11) is 0. The number of hydrogen-bond donors (Lipinski definition) is 1. The smallest absolute Gasteiger partial charge is 0.328 e. The van der Waals surface area contributed by atoms with Gasteiger partial charge in [0.1, 0.15) is 0 Å². The van der Waals surface area contributed by atoms with Crippen molar-refractivity contribution in [3.05, 3.63) is 77.1 Å². The summed E-state index contributed by atoms with van der Waals surface area (Å²) in [5.41, 5.74) is 2.63. The molecular weight excluding hydrogens is 364 g/mol. The zero-order valence-corrected chi connectivity index (χ0v) is 16.6. The molecule has 1 heterocycles. The molecule has 0 aliphatic rings. The van der Waals surface area contributed by atoms with E-state index in [1.807, 2.05) is 60.7 Å². The Balaban J connectivity index is 2.09. The Hall–Kier alpha value is -3.21. The van der Waals surface area contributed by atoms with E-state index in [1.54, 1.807) is 0 Å². The van der Waals surface area contributed by atoms with Gasteiger partial charge in [0, 0.05) is 17.2 Å². The number of carboxylic acids is 1. The van der Waals surface area contributed by atoms with Crippen LogP contribution in [0.15, 0.2) is 71.5 Å². The molecule has 0 aliphatic heterocycles. The van der Waals surface area contributed by atoms with Crippen molar-refractivity contribution < 1.29 is 9.90 Å². The molecule has 0 saturated carbocycles. The van der Waals surface area contributed by atoms with E-state index in [1.165, 1.54) is 6.07 Å². The summed E-state index contributed by atoms with van der Waals surface area (Å²) >= 11 is 0. The van der Waals surface area contributed by atoms with Crippen molar-refractivity contribution >= 4 is 5.97 Å². The first-order valence-electron chi connectivity index (χ1n) is 10.1. The van der Waals surface area contributed by atoms with Crippen molar-refractivity contribution in [2.45, 2.75) is 45.1 Å². The van der Waals surface area contributed by atoms with E-state index < -0.39 is 17.6 Å². The highest BCUT2D eigenvalue weighted by Crippen LogP contribution is 2.29. The fraction of sp³-hybridized carbons (Fsp3) is 0.292.